The van der Waals surface area contributed by atoms with Gasteiger partial charge >= 0.3 is 0 Å². The molecule has 10 heteroatoms. The molecular formula is C24H24FN5O3S. The Morgan fingerprint density at radius 3 is 2.71 bits per heavy atom. The van der Waals surface area contributed by atoms with E-state index in [1.807, 2.05) is 24.3 Å². The van der Waals surface area contributed by atoms with E-state index >= 15 is 0 Å². The molecule has 0 unspecified atom stereocenters. The molecule has 3 N–H and O–H groups in total. The first-order chi connectivity index (χ1) is 16.4. The number of hydrogen-bond acceptors (Lipinski definition) is 7. The maximum absolute atomic E-state index is 14.4. The number of nitrogens with zero attached hydrogens (tertiary/aromatic N) is 2. The average molecular weight is 482 g/mol. The van der Waals surface area contributed by atoms with Gasteiger partial charge in [-0.3, -0.25) is 0 Å². The average Bonchev–Trinajstić information content (AvgIpc) is 2.86. The fourth-order valence-corrected chi connectivity index (χ4v) is 4.40. The minimum absolute atomic E-state index is 0.102. The lowest BCUT2D eigenvalue weighted by atomic mass is 10.1. The highest BCUT2D eigenvalue weighted by atomic mass is 32.2. The SMILES string of the molecule is CNS(=O)(=O)c1ccc(-c2cnc3c(c2)NC[C@@H](CNCCc2ccc(C#N)cc2)O3)cc1F. The third kappa shape index (κ3) is 5.34. The summed E-state index contributed by atoms with van der Waals surface area (Å²) in [5.74, 6) is -0.371. The van der Waals surface area contributed by atoms with Crippen LogP contribution >= 0.6 is 0 Å². The second kappa shape index (κ2) is 10.2. The van der Waals surface area contributed by atoms with Gasteiger partial charge in [0.15, 0.2) is 0 Å². The largest absolute Gasteiger partial charge is 0.470 e. The third-order valence-electron chi connectivity index (χ3n) is 5.52. The standard InChI is InChI=1S/C24H24FN5O3S/c1-27-34(31,32)23-7-6-18(10-21(23)25)19-11-22-24(30-13-19)33-20(15-29-22)14-28-9-8-16-2-4-17(12-26)5-3-16/h2-7,10-11,13,20,27-29H,8-9,14-15H2,1H3/t20-/m1/s1. The zero-order valence-electron chi connectivity index (χ0n) is 18.5. The predicted molar refractivity (Wildman–Crippen MR) is 127 cm³/mol. The van der Waals surface area contributed by atoms with E-state index in [9.17, 15) is 12.8 Å². The van der Waals surface area contributed by atoms with Gasteiger partial charge in [0.25, 0.3) is 0 Å². The maximum Gasteiger partial charge on any atom is 0.243 e. The Morgan fingerprint density at radius 1 is 1.21 bits per heavy atom. The second-order valence-electron chi connectivity index (χ2n) is 7.81. The van der Waals surface area contributed by atoms with Crippen LogP contribution in [0.1, 0.15) is 11.1 Å². The van der Waals surface area contributed by atoms with E-state index in [-0.39, 0.29) is 6.10 Å². The molecule has 1 aliphatic heterocycles. The minimum Gasteiger partial charge on any atom is -0.470 e. The molecule has 4 rings (SSSR count). The number of anilines is 1. The Bertz CT molecular complexity index is 1320. The van der Waals surface area contributed by atoms with Crippen LogP contribution in [0.2, 0.25) is 0 Å². The quantitative estimate of drug-likeness (QED) is 0.424. The summed E-state index contributed by atoms with van der Waals surface area (Å²) >= 11 is 0. The van der Waals surface area contributed by atoms with E-state index < -0.39 is 20.7 Å². The molecule has 0 spiro atoms. The first kappa shape index (κ1) is 23.6. The van der Waals surface area contributed by atoms with Crippen molar-refractivity contribution in [2.45, 2.75) is 17.4 Å². The van der Waals surface area contributed by atoms with Gasteiger partial charge in [-0.25, -0.2) is 22.5 Å². The van der Waals surface area contributed by atoms with Gasteiger partial charge in [0, 0.05) is 18.3 Å². The van der Waals surface area contributed by atoms with Crippen LogP contribution in [0.25, 0.3) is 11.1 Å². The Morgan fingerprint density at radius 2 is 2.00 bits per heavy atom. The van der Waals surface area contributed by atoms with Crippen LogP contribution < -0.4 is 20.1 Å². The highest BCUT2D eigenvalue weighted by Crippen LogP contribution is 2.32. The van der Waals surface area contributed by atoms with Crippen molar-refractivity contribution in [3.8, 4) is 23.1 Å². The van der Waals surface area contributed by atoms with Gasteiger partial charge < -0.3 is 15.4 Å². The molecule has 34 heavy (non-hydrogen) atoms. The molecule has 8 nitrogen and oxygen atoms in total. The number of nitrogens with one attached hydrogen (secondary N) is 3. The summed E-state index contributed by atoms with van der Waals surface area (Å²) in [6, 6.07) is 15.4. The van der Waals surface area contributed by atoms with Gasteiger partial charge in [-0.2, -0.15) is 5.26 Å². The Labute approximate surface area is 197 Å². The number of ether oxygens (including phenoxy) is 1. The van der Waals surface area contributed by atoms with Gasteiger partial charge in [0.05, 0.1) is 23.9 Å². The number of hydrogen-bond donors (Lipinski definition) is 3. The van der Waals surface area contributed by atoms with Crippen LogP contribution in [-0.2, 0) is 16.4 Å². The zero-order valence-corrected chi connectivity index (χ0v) is 19.3. The van der Waals surface area contributed by atoms with Crippen LogP contribution in [0.5, 0.6) is 5.88 Å². The summed E-state index contributed by atoms with van der Waals surface area (Å²) in [7, 11) is -2.63. The van der Waals surface area contributed by atoms with Crippen molar-refractivity contribution in [2.75, 3.05) is 32.0 Å². The van der Waals surface area contributed by atoms with Gasteiger partial charge in [0.1, 0.15) is 16.8 Å². The molecule has 2 aromatic carbocycles. The van der Waals surface area contributed by atoms with Crippen LogP contribution in [0.3, 0.4) is 0 Å². The van der Waals surface area contributed by atoms with E-state index in [1.54, 1.807) is 18.3 Å². The Hall–Kier alpha value is -3.52. The Balaban J connectivity index is 1.34. The molecule has 1 atom stereocenters. The minimum atomic E-state index is -3.87. The number of aromatic nitrogens is 1. The van der Waals surface area contributed by atoms with Gasteiger partial charge in [0.2, 0.25) is 15.9 Å². The van der Waals surface area contributed by atoms with Crippen LogP contribution in [0, 0.1) is 17.1 Å². The van der Waals surface area contributed by atoms with Crippen molar-refractivity contribution in [3.05, 3.63) is 71.7 Å². The summed E-state index contributed by atoms with van der Waals surface area (Å²) < 4.78 is 46.2. The lowest BCUT2D eigenvalue weighted by Crippen LogP contribution is -2.40. The molecule has 0 bridgehead atoms. The van der Waals surface area contributed by atoms with Crippen molar-refractivity contribution in [3.63, 3.8) is 0 Å². The molecule has 0 aliphatic carbocycles. The van der Waals surface area contributed by atoms with Crippen LogP contribution in [0.4, 0.5) is 10.1 Å². The summed E-state index contributed by atoms with van der Waals surface area (Å²) in [6.45, 7) is 1.99. The summed E-state index contributed by atoms with van der Waals surface area (Å²) in [4.78, 5) is 3.96. The molecule has 2 heterocycles. The van der Waals surface area contributed by atoms with E-state index in [1.165, 1.54) is 19.2 Å². The smallest absolute Gasteiger partial charge is 0.243 e. The Kier molecular flexibility index (Phi) is 7.07. The molecule has 0 saturated heterocycles. The first-order valence-electron chi connectivity index (χ1n) is 10.7. The number of pyridine rings is 1. The van der Waals surface area contributed by atoms with E-state index in [2.05, 4.69) is 26.4 Å². The highest BCUT2D eigenvalue weighted by molar-refractivity contribution is 7.89. The van der Waals surface area contributed by atoms with E-state index in [0.29, 0.717) is 41.3 Å². The van der Waals surface area contributed by atoms with Crippen molar-refractivity contribution < 1.29 is 17.5 Å². The lowest BCUT2D eigenvalue weighted by molar-refractivity contribution is 0.194. The summed E-state index contributed by atoms with van der Waals surface area (Å²) in [6.07, 6.45) is 2.31. The van der Waals surface area contributed by atoms with E-state index in [4.69, 9.17) is 10.00 Å². The number of nitriles is 1. The fourth-order valence-electron chi connectivity index (χ4n) is 3.62. The van der Waals surface area contributed by atoms with Crippen molar-refractivity contribution in [1.82, 2.24) is 15.0 Å². The number of halogens is 1. The van der Waals surface area contributed by atoms with Crippen molar-refractivity contribution in [1.29, 1.82) is 5.26 Å². The molecule has 0 amide bonds. The number of fused-ring (bicyclic) bond motifs is 1. The van der Waals surface area contributed by atoms with Crippen molar-refractivity contribution >= 4 is 15.7 Å². The topological polar surface area (TPSA) is 116 Å². The zero-order chi connectivity index (χ0) is 24.1. The number of benzene rings is 2. The van der Waals surface area contributed by atoms with Gasteiger partial charge in [-0.15, -0.1) is 0 Å². The monoisotopic (exact) mass is 481 g/mol. The second-order valence-corrected chi connectivity index (χ2v) is 9.67. The molecular weight excluding hydrogens is 457 g/mol. The molecule has 1 aliphatic rings. The molecule has 1 aromatic heterocycles. The van der Waals surface area contributed by atoms with Crippen molar-refractivity contribution in [2.24, 2.45) is 0 Å². The van der Waals surface area contributed by atoms with Crippen LogP contribution in [0.15, 0.2) is 59.6 Å². The molecule has 0 saturated carbocycles. The van der Waals surface area contributed by atoms with Gasteiger partial charge in [-0.1, -0.05) is 18.2 Å². The highest BCUT2D eigenvalue weighted by Gasteiger charge is 2.22. The molecule has 176 valence electrons. The third-order valence-corrected chi connectivity index (χ3v) is 6.97. The number of rotatable bonds is 8. The first-order valence-corrected chi connectivity index (χ1v) is 12.2. The lowest BCUT2D eigenvalue weighted by Gasteiger charge is -2.27. The predicted octanol–water partition coefficient (Wildman–Crippen LogP) is 2.67. The van der Waals surface area contributed by atoms with E-state index in [0.717, 1.165) is 18.5 Å². The van der Waals surface area contributed by atoms with Gasteiger partial charge in [-0.05, 0) is 61.5 Å². The molecule has 0 fully saturated rings. The fraction of sp³-hybridized carbons (Fsp3) is 0.250. The van der Waals surface area contributed by atoms with Crippen LogP contribution in [-0.4, -0.2) is 46.2 Å². The summed E-state index contributed by atoms with van der Waals surface area (Å²) in [5.41, 5.74) is 3.65. The maximum atomic E-state index is 14.4. The molecule has 0 radical (unpaired) electrons. The molecule has 3 aromatic rings. The summed E-state index contributed by atoms with van der Waals surface area (Å²) in [5, 5.41) is 15.5. The number of sulfonamides is 1. The normalized spacial score (nSPS) is 15.0.